The Labute approximate surface area is 120 Å². The lowest BCUT2D eigenvalue weighted by molar-refractivity contribution is 0.592. The number of benzene rings is 2. The van der Waals surface area contributed by atoms with Crippen LogP contribution in [-0.2, 0) is 4.57 Å². The van der Waals surface area contributed by atoms with Crippen molar-refractivity contribution in [2.45, 2.75) is 0 Å². The van der Waals surface area contributed by atoms with Crippen LogP contribution in [0.15, 0.2) is 70.4 Å². The Morgan fingerprint density at radius 2 is 1.33 bits per heavy atom. The fourth-order valence-electron chi connectivity index (χ4n) is 1.74. The number of halogens is 2. The third-order valence-corrected chi connectivity index (χ3v) is 7.77. The second kappa shape index (κ2) is 5.88. The molecule has 0 radical (unpaired) electrons. The third kappa shape index (κ3) is 2.47. The normalized spacial score (nSPS) is 12.4. The van der Waals surface area contributed by atoms with Gasteiger partial charge in [-0.3, -0.25) is 0 Å². The molecule has 0 unspecified atom stereocenters. The van der Waals surface area contributed by atoms with E-state index in [0.29, 0.717) is 4.22 Å². The highest BCUT2D eigenvalue weighted by atomic mass is 79.9. The van der Waals surface area contributed by atoms with Crippen LogP contribution in [0.25, 0.3) is 0 Å². The monoisotopic (exact) mass is 340 g/mol. The van der Waals surface area contributed by atoms with Crippen molar-refractivity contribution in [3.8, 4) is 0 Å². The molecule has 4 heteroatoms. The molecule has 1 nitrogen and oxygen atoms in total. The molecule has 2 rings (SSSR count). The first-order valence-electron chi connectivity index (χ1n) is 5.37. The van der Waals surface area contributed by atoms with Gasteiger partial charge in [0.15, 0.2) is 7.14 Å². The lowest BCUT2D eigenvalue weighted by Gasteiger charge is -2.18. The van der Waals surface area contributed by atoms with E-state index in [2.05, 4.69) is 15.9 Å². The Bertz CT molecular complexity index is 552. The Morgan fingerprint density at radius 1 is 0.944 bits per heavy atom. The van der Waals surface area contributed by atoms with Gasteiger partial charge in [-0.2, -0.15) is 0 Å². The van der Waals surface area contributed by atoms with Crippen LogP contribution >= 0.6 is 34.7 Å². The predicted molar refractivity (Wildman–Crippen MR) is 82.6 cm³/mol. The maximum Gasteiger partial charge on any atom is 0.178 e. The van der Waals surface area contributed by atoms with E-state index < -0.39 is 7.14 Å². The van der Waals surface area contributed by atoms with Gasteiger partial charge in [0.25, 0.3) is 0 Å². The van der Waals surface area contributed by atoms with Gasteiger partial charge in [-0.15, -0.1) is 0 Å². The largest absolute Gasteiger partial charge is 0.308 e. The first kappa shape index (κ1) is 13.6. The lowest BCUT2D eigenvalue weighted by atomic mass is 10.4. The summed E-state index contributed by atoms with van der Waals surface area (Å²) in [7, 11) is -2.87. The van der Waals surface area contributed by atoms with Crippen molar-refractivity contribution >= 4 is 45.3 Å². The molecule has 18 heavy (non-hydrogen) atoms. The minimum atomic E-state index is -2.87. The predicted octanol–water partition coefficient (Wildman–Crippen LogP) is 4.43. The molecule has 0 aliphatic carbocycles. The van der Waals surface area contributed by atoms with Gasteiger partial charge < -0.3 is 4.57 Å². The van der Waals surface area contributed by atoms with Crippen LogP contribution < -0.4 is 10.6 Å². The summed E-state index contributed by atoms with van der Waals surface area (Å²) < 4.78 is 13.9. The zero-order valence-electron chi connectivity index (χ0n) is 9.46. The number of rotatable bonds is 3. The summed E-state index contributed by atoms with van der Waals surface area (Å²) in [5.41, 5.74) is 1.33. The number of hydrogen-bond donors (Lipinski definition) is 0. The van der Waals surface area contributed by atoms with Gasteiger partial charge in [-0.05, 0) is 15.9 Å². The van der Waals surface area contributed by atoms with E-state index in [1.54, 1.807) is 0 Å². The van der Waals surface area contributed by atoms with Crippen molar-refractivity contribution in [3.63, 3.8) is 0 Å². The van der Waals surface area contributed by atoms with E-state index in [4.69, 9.17) is 11.6 Å². The second-order valence-corrected chi connectivity index (χ2v) is 8.13. The maximum absolute atomic E-state index is 13.3. The van der Waals surface area contributed by atoms with Gasteiger partial charge in [0.1, 0.15) is 0 Å². The Kier molecular flexibility index (Phi) is 4.45. The van der Waals surface area contributed by atoms with Gasteiger partial charge in [0, 0.05) is 16.1 Å². The highest BCUT2D eigenvalue weighted by Crippen LogP contribution is 2.54. The molecule has 0 heterocycles. The summed E-state index contributed by atoms with van der Waals surface area (Å²) >= 11 is 9.09. The molecular weight excluding hydrogens is 330 g/mol. The molecule has 2 aromatic carbocycles. The lowest BCUT2D eigenvalue weighted by Crippen LogP contribution is -2.15. The zero-order valence-corrected chi connectivity index (χ0v) is 12.7. The molecule has 0 atom stereocenters. The van der Waals surface area contributed by atoms with Crippen LogP contribution in [0.5, 0.6) is 0 Å². The molecule has 0 fully saturated rings. The minimum absolute atomic E-state index is 0.508. The van der Waals surface area contributed by atoms with Crippen molar-refractivity contribution in [2.75, 3.05) is 0 Å². The van der Waals surface area contributed by atoms with E-state index in [9.17, 15) is 4.57 Å². The molecule has 0 aliphatic heterocycles. The first-order valence-corrected chi connectivity index (χ1v) is 8.31. The van der Waals surface area contributed by atoms with Crippen LogP contribution in [0.4, 0.5) is 0 Å². The van der Waals surface area contributed by atoms with Crippen LogP contribution in [0.2, 0.25) is 0 Å². The van der Waals surface area contributed by atoms with E-state index >= 15 is 0 Å². The summed E-state index contributed by atoms with van der Waals surface area (Å²) in [5.74, 6) is 0. The molecule has 0 saturated heterocycles. The molecule has 0 saturated carbocycles. The summed E-state index contributed by atoms with van der Waals surface area (Å²) in [4.78, 5) is 0. The van der Waals surface area contributed by atoms with Crippen LogP contribution in [0, 0.1) is 0 Å². The molecule has 0 aliphatic rings. The Hall–Kier alpha value is -0.820. The van der Waals surface area contributed by atoms with Gasteiger partial charge >= 0.3 is 0 Å². The summed E-state index contributed by atoms with van der Waals surface area (Å²) in [6.07, 6.45) is 0. The molecule has 0 spiro atoms. The van der Waals surface area contributed by atoms with Crippen molar-refractivity contribution in [1.29, 1.82) is 0 Å². The maximum atomic E-state index is 13.3. The summed E-state index contributed by atoms with van der Waals surface area (Å²) in [5, 5.41) is 1.53. The first-order chi connectivity index (χ1) is 8.69. The molecule has 0 N–H and O–H groups in total. The smallest absolute Gasteiger partial charge is 0.178 e. The fraction of sp³-hybridized carbons (Fsp3) is 0. The fourth-order valence-corrected chi connectivity index (χ4v) is 5.49. The van der Waals surface area contributed by atoms with Crippen LogP contribution in [0.3, 0.4) is 0 Å². The topological polar surface area (TPSA) is 17.1 Å². The Morgan fingerprint density at radius 3 is 1.67 bits per heavy atom. The molecule has 2 aromatic rings. The highest BCUT2D eigenvalue weighted by Gasteiger charge is 2.30. The standard InChI is InChI=1S/C14H11BrClOP/c15-14(11-16)18(17,12-7-3-1-4-8-12)13-9-5-2-6-10-13/h1-11H. The van der Waals surface area contributed by atoms with E-state index in [0.717, 1.165) is 10.6 Å². The van der Waals surface area contributed by atoms with E-state index in [-0.39, 0.29) is 0 Å². The quantitative estimate of drug-likeness (QED) is 0.755. The van der Waals surface area contributed by atoms with Gasteiger partial charge in [0.05, 0.1) is 4.22 Å². The van der Waals surface area contributed by atoms with Crippen LogP contribution in [0.1, 0.15) is 0 Å². The molecule has 0 amide bonds. The second-order valence-electron chi connectivity index (χ2n) is 3.71. The average Bonchev–Trinajstić information content (AvgIpc) is 2.47. The van der Waals surface area contributed by atoms with Gasteiger partial charge in [0.2, 0.25) is 0 Å². The van der Waals surface area contributed by atoms with E-state index in [1.165, 1.54) is 5.54 Å². The van der Waals surface area contributed by atoms with Crippen molar-refractivity contribution in [1.82, 2.24) is 0 Å². The van der Waals surface area contributed by atoms with Crippen molar-refractivity contribution in [3.05, 3.63) is 70.4 Å². The van der Waals surface area contributed by atoms with Crippen molar-refractivity contribution < 1.29 is 4.57 Å². The summed E-state index contributed by atoms with van der Waals surface area (Å²) in [6.45, 7) is 0. The SMILES string of the molecule is O=P(C(Br)=CCl)(c1ccccc1)c1ccccc1. The van der Waals surface area contributed by atoms with E-state index in [1.807, 2.05) is 60.7 Å². The third-order valence-electron chi connectivity index (χ3n) is 2.63. The van der Waals surface area contributed by atoms with Gasteiger partial charge in [-0.25, -0.2) is 0 Å². The van der Waals surface area contributed by atoms with Gasteiger partial charge in [-0.1, -0.05) is 72.3 Å². The average molecular weight is 342 g/mol. The van der Waals surface area contributed by atoms with Crippen molar-refractivity contribution in [2.24, 2.45) is 0 Å². The molecule has 0 bridgehead atoms. The number of hydrogen-bond acceptors (Lipinski definition) is 1. The minimum Gasteiger partial charge on any atom is -0.308 e. The molecule has 92 valence electrons. The van der Waals surface area contributed by atoms with Crippen LogP contribution in [-0.4, -0.2) is 0 Å². The highest BCUT2D eigenvalue weighted by molar-refractivity contribution is 9.13. The molecule has 0 aromatic heterocycles. The zero-order chi connectivity index (χ0) is 13.0. The Balaban J connectivity index is 2.68. The summed E-state index contributed by atoms with van der Waals surface area (Å²) in [6, 6.07) is 18.7. The molecular formula is C14H11BrClOP.